The number of hydrogen-bond acceptors (Lipinski definition) is 5. The summed E-state index contributed by atoms with van der Waals surface area (Å²) in [5.41, 5.74) is 30.0. The monoisotopic (exact) mass is 1470 g/mol. The molecule has 0 spiro atoms. The fraction of sp³-hybridized carbons (Fsp3) is 0. The van der Waals surface area contributed by atoms with Crippen molar-refractivity contribution < 1.29 is 8.83 Å². The lowest BCUT2D eigenvalue weighted by molar-refractivity contribution is 0.669. The molecule has 5 nitrogen and oxygen atoms in total. The first-order valence-electron chi connectivity index (χ1n) is 38.7. The van der Waals surface area contributed by atoms with Crippen LogP contribution in [0.2, 0.25) is 0 Å². The number of thiophene rings is 1. The molecule has 0 fully saturated rings. The van der Waals surface area contributed by atoms with Gasteiger partial charge < -0.3 is 23.2 Å². The first-order valence-corrected chi connectivity index (χ1v) is 39.6. The summed E-state index contributed by atoms with van der Waals surface area (Å²) in [6, 6.07) is 154. The normalized spacial score (nSPS) is 11.5. The Labute approximate surface area is 664 Å². The molecule has 0 saturated heterocycles. The van der Waals surface area contributed by atoms with Crippen LogP contribution in [0.25, 0.3) is 169 Å². The van der Waals surface area contributed by atoms with Crippen LogP contribution in [0.5, 0.6) is 0 Å². The van der Waals surface area contributed by atoms with E-state index in [1.165, 1.54) is 97.7 Å². The third kappa shape index (κ3) is 12.3. The summed E-state index contributed by atoms with van der Waals surface area (Å²) in [6.45, 7) is 0. The summed E-state index contributed by atoms with van der Waals surface area (Å²) >= 11 is 1.88. The molecule has 536 valence electrons. The fourth-order valence-electron chi connectivity index (χ4n) is 16.7. The van der Waals surface area contributed by atoms with Crippen molar-refractivity contribution >= 4 is 131 Å². The molecular formula is C108H71N3O2S. The predicted molar refractivity (Wildman–Crippen MR) is 482 cm³/mol. The summed E-state index contributed by atoms with van der Waals surface area (Å²) in [5, 5.41) is 9.64. The number of hydrogen-bond donors (Lipinski definition) is 0. The maximum Gasteiger partial charge on any atom is 0.143 e. The van der Waals surface area contributed by atoms with E-state index in [4.69, 9.17) is 8.83 Å². The van der Waals surface area contributed by atoms with E-state index in [2.05, 4.69) is 421 Å². The summed E-state index contributed by atoms with van der Waals surface area (Å²) < 4.78 is 18.0. The molecule has 0 aliphatic rings. The van der Waals surface area contributed by atoms with E-state index in [0.717, 1.165) is 106 Å². The number of fused-ring (bicyclic) bond motifs is 12. The molecule has 0 unspecified atom stereocenters. The molecule has 0 aliphatic heterocycles. The maximum atomic E-state index is 6.48. The van der Waals surface area contributed by atoms with Gasteiger partial charge in [-0.05, 0) is 182 Å². The van der Waals surface area contributed by atoms with Gasteiger partial charge in [0.05, 0.1) is 21.4 Å². The number of rotatable bonds is 14. The van der Waals surface area contributed by atoms with Gasteiger partial charge in [-0.1, -0.05) is 315 Å². The average Bonchev–Trinajstić information content (AvgIpc) is 1.58. The van der Waals surface area contributed by atoms with Crippen LogP contribution in [-0.2, 0) is 0 Å². The highest BCUT2D eigenvalue weighted by Gasteiger charge is 2.22. The van der Waals surface area contributed by atoms with E-state index >= 15 is 0 Å². The zero-order chi connectivity index (χ0) is 75.4. The first kappa shape index (κ1) is 67.3. The molecule has 6 heteroatoms. The fourth-order valence-corrected chi connectivity index (χ4v) is 17.9. The van der Waals surface area contributed by atoms with Gasteiger partial charge in [0.25, 0.3) is 0 Å². The summed E-state index contributed by atoms with van der Waals surface area (Å²) in [5.74, 6) is 0. The van der Waals surface area contributed by atoms with Gasteiger partial charge in [0.2, 0.25) is 0 Å². The molecule has 4 heterocycles. The minimum absolute atomic E-state index is 0.894. The number of nitrogens with zero attached hydrogens (tertiary/aromatic N) is 3. The number of anilines is 6. The van der Waals surface area contributed by atoms with Crippen LogP contribution >= 0.6 is 11.3 Å². The van der Waals surface area contributed by atoms with E-state index in [-0.39, 0.29) is 0 Å². The van der Waals surface area contributed by atoms with Gasteiger partial charge in [-0.3, -0.25) is 0 Å². The van der Waals surface area contributed by atoms with E-state index in [1.54, 1.807) is 0 Å². The highest BCUT2D eigenvalue weighted by atomic mass is 32.1. The van der Waals surface area contributed by atoms with Crippen molar-refractivity contribution in [2.75, 3.05) is 9.80 Å². The quantitative estimate of drug-likeness (QED) is 0.109. The molecule has 22 aromatic rings. The first-order chi connectivity index (χ1) is 56.5. The van der Waals surface area contributed by atoms with Gasteiger partial charge in [-0.15, -0.1) is 11.3 Å². The largest absolute Gasteiger partial charge is 0.455 e. The van der Waals surface area contributed by atoms with Crippen molar-refractivity contribution in [1.29, 1.82) is 0 Å². The predicted octanol–water partition coefficient (Wildman–Crippen LogP) is 31.2. The molecule has 114 heavy (non-hydrogen) atoms. The Kier molecular flexibility index (Phi) is 17.1. The molecule has 4 aromatic heterocycles. The lowest BCUT2D eigenvalue weighted by Crippen LogP contribution is -2.10. The van der Waals surface area contributed by atoms with Crippen LogP contribution in [0.3, 0.4) is 0 Å². The van der Waals surface area contributed by atoms with Gasteiger partial charge in [-0.2, -0.15) is 0 Å². The second-order valence-corrected chi connectivity index (χ2v) is 30.1. The zero-order valence-corrected chi connectivity index (χ0v) is 62.9. The molecule has 18 aromatic carbocycles. The number of para-hydroxylation sites is 5. The molecule has 0 amide bonds. The topological polar surface area (TPSA) is 37.7 Å². The standard InChI is InChI=1S/C54H36N2S.C54H35NO2/c1-3-12-37(13-4-1)39-22-29-43(30-23-39)55(44-31-24-40(25-32-44)38-14-5-2-6-15-38)45-33-26-41(27-34-45)42-28-35-51-49(36-42)46-16-7-9-19-50(46)56(51)52-20-11-18-48-47-17-8-10-21-53(47)57-54(48)52;1-2-11-36(12-3-1)37-23-25-38(26-24-37)39-27-31-42(32-28-39)55(43-33-29-40(30-34-43)45-17-9-19-49-47-15-4-6-21-51(47)56-53(45)49)44-14-8-13-41(35-44)46-18-10-20-50-48-16-5-7-22-52(48)57-54(46)50/h1-36H;1-35H. The van der Waals surface area contributed by atoms with Crippen molar-refractivity contribution in [3.63, 3.8) is 0 Å². The van der Waals surface area contributed by atoms with E-state index < -0.39 is 0 Å². The van der Waals surface area contributed by atoms with Crippen LogP contribution in [0.1, 0.15) is 0 Å². The highest BCUT2D eigenvalue weighted by molar-refractivity contribution is 7.26. The second kappa shape index (κ2) is 28.9. The zero-order valence-electron chi connectivity index (χ0n) is 62.1. The Morgan fingerprint density at radius 2 is 0.544 bits per heavy atom. The average molecular weight is 1470 g/mol. The Hall–Kier alpha value is -14.8. The van der Waals surface area contributed by atoms with Gasteiger partial charge in [0, 0.05) is 93.0 Å². The van der Waals surface area contributed by atoms with Gasteiger partial charge in [0.1, 0.15) is 22.3 Å². The minimum atomic E-state index is 0.894. The van der Waals surface area contributed by atoms with Crippen molar-refractivity contribution in [2.45, 2.75) is 0 Å². The maximum absolute atomic E-state index is 6.48. The SMILES string of the molecule is c1ccc(-c2ccc(-c3ccc(N(c4ccc(-c5cccc6c5oc5ccccc56)cc4)c4cccc(-c5cccc6c5oc5ccccc56)c4)cc3)cc2)cc1.c1ccc(-c2ccc(N(c3ccc(-c4ccccc4)cc3)c3ccc(-c4ccc5c(c4)c4ccccc4n5-c4cccc5c4sc4ccccc45)cc3)cc2)cc1. The Morgan fingerprint density at radius 3 is 1.05 bits per heavy atom. The lowest BCUT2D eigenvalue weighted by atomic mass is 9.99. The number of benzene rings is 18. The Bertz CT molecular complexity index is 7210. The molecule has 0 bridgehead atoms. The van der Waals surface area contributed by atoms with Crippen LogP contribution in [0.4, 0.5) is 34.1 Å². The third-order valence-electron chi connectivity index (χ3n) is 22.3. The number of aromatic nitrogens is 1. The lowest BCUT2D eigenvalue weighted by Gasteiger charge is -2.26. The second-order valence-electron chi connectivity index (χ2n) is 29.0. The van der Waals surface area contributed by atoms with Crippen LogP contribution in [0.15, 0.2) is 440 Å². The molecule has 0 atom stereocenters. The molecule has 0 radical (unpaired) electrons. The van der Waals surface area contributed by atoms with Gasteiger partial charge in [-0.25, -0.2) is 0 Å². The van der Waals surface area contributed by atoms with E-state index in [9.17, 15) is 0 Å². The summed E-state index contributed by atoms with van der Waals surface area (Å²) in [6.07, 6.45) is 0. The van der Waals surface area contributed by atoms with Crippen LogP contribution in [-0.4, -0.2) is 4.57 Å². The van der Waals surface area contributed by atoms with E-state index in [0.29, 0.717) is 0 Å². The molecule has 22 rings (SSSR count). The molecular weight excluding hydrogens is 1400 g/mol. The highest BCUT2D eigenvalue weighted by Crippen LogP contribution is 2.46. The van der Waals surface area contributed by atoms with Crippen molar-refractivity contribution in [1.82, 2.24) is 4.57 Å². The van der Waals surface area contributed by atoms with Crippen LogP contribution in [0, 0.1) is 0 Å². The Balaban J connectivity index is 0.000000143. The summed E-state index contributed by atoms with van der Waals surface area (Å²) in [4.78, 5) is 4.68. The van der Waals surface area contributed by atoms with Crippen molar-refractivity contribution in [2.24, 2.45) is 0 Å². The molecule has 0 aliphatic carbocycles. The van der Waals surface area contributed by atoms with Gasteiger partial charge >= 0.3 is 0 Å². The number of furan rings is 2. The molecule has 0 saturated carbocycles. The Morgan fingerprint density at radius 1 is 0.202 bits per heavy atom. The summed E-state index contributed by atoms with van der Waals surface area (Å²) in [7, 11) is 0. The van der Waals surface area contributed by atoms with Crippen molar-refractivity contribution in [3.8, 4) is 83.6 Å². The van der Waals surface area contributed by atoms with Crippen LogP contribution < -0.4 is 9.80 Å². The van der Waals surface area contributed by atoms with Crippen molar-refractivity contribution in [3.05, 3.63) is 431 Å². The minimum Gasteiger partial charge on any atom is -0.455 e. The van der Waals surface area contributed by atoms with E-state index in [1.807, 2.05) is 35.6 Å². The smallest absolute Gasteiger partial charge is 0.143 e. The van der Waals surface area contributed by atoms with Gasteiger partial charge in [0.15, 0.2) is 0 Å². The molecule has 0 N–H and O–H groups in total. The third-order valence-corrected chi connectivity index (χ3v) is 23.5.